The molecule has 2 aromatic heterocycles. The zero-order valence-electron chi connectivity index (χ0n) is 14.7. The fourth-order valence-electron chi connectivity index (χ4n) is 3.38. The van der Waals surface area contributed by atoms with Crippen molar-refractivity contribution in [3.05, 3.63) is 59.8 Å². The lowest BCUT2D eigenvalue weighted by atomic mass is 10.1. The van der Waals surface area contributed by atoms with Crippen LogP contribution in [0.1, 0.15) is 55.8 Å². The third kappa shape index (κ3) is 3.37. The minimum Gasteiger partial charge on any atom is -0.444 e. The second-order valence-corrected chi connectivity index (χ2v) is 6.95. The standard InChI is InChI=1S/C20H23N3O2/c1-14(2)19-11-17(22-25-19)18-9-6-10-23(18)12-16-13-24-20(21-16)15-7-4-3-5-8-15/h3-5,7-8,11,13-14,18H,6,9-10,12H2,1-2H3. The van der Waals surface area contributed by atoms with Gasteiger partial charge in [0.05, 0.1) is 11.7 Å². The fourth-order valence-corrected chi connectivity index (χ4v) is 3.38. The molecule has 1 aliphatic heterocycles. The van der Waals surface area contributed by atoms with Crippen LogP contribution < -0.4 is 0 Å². The number of oxazole rings is 1. The van der Waals surface area contributed by atoms with E-state index in [4.69, 9.17) is 8.94 Å². The first-order valence-electron chi connectivity index (χ1n) is 8.91. The lowest BCUT2D eigenvalue weighted by Crippen LogP contribution is -2.23. The van der Waals surface area contributed by atoms with Crippen molar-refractivity contribution >= 4 is 0 Å². The fraction of sp³-hybridized carbons (Fsp3) is 0.400. The molecule has 5 heteroatoms. The minimum atomic E-state index is 0.299. The van der Waals surface area contributed by atoms with Crippen LogP contribution in [0.3, 0.4) is 0 Å². The van der Waals surface area contributed by atoms with Gasteiger partial charge in [-0.1, -0.05) is 37.2 Å². The van der Waals surface area contributed by atoms with Crippen LogP contribution in [0.15, 0.2) is 51.6 Å². The van der Waals surface area contributed by atoms with E-state index in [1.54, 1.807) is 6.26 Å². The van der Waals surface area contributed by atoms with Crippen molar-refractivity contribution in [2.45, 2.75) is 45.2 Å². The number of nitrogens with zero attached hydrogens (tertiary/aromatic N) is 3. The highest BCUT2D eigenvalue weighted by molar-refractivity contribution is 5.52. The van der Waals surface area contributed by atoms with Crippen molar-refractivity contribution in [2.24, 2.45) is 0 Å². The molecule has 0 spiro atoms. The number of aromatic nitrogens is 2. The van der Waals surface area contributed by atoms with Gasteiger partial charge in [0.25, 0.3) is 0 Å². The second-order valence-electron chi connectivity index (χ2n) is 6.95. The highest BCUT2D eigenvalue weighted by Crippen LogP contribution is 2.34. The van der Waals surface area contributed by atoms with E-state index in [9.17, 15) is 0 Å². The molecule has 1 unspecified atom stereocenters. The molecular weight excluding hydrogens is 314 g/mol. The summed E-state index contributed by atoms with van der Waals surface area (Å²) in [4.78, 5) is 7.06. The Bertz CT molecular complexity index is 822. The Balaban J connectivity index is 1.49. The summed E-state index contributed by atoms with van der Waals surface area (Å²) in [5, 5.41) is 4.30. The number of hydrogen-bond acceptors (Lipinski definition) is 5. The number of likely N-dealkylation sites (tertiary alicyclic amines) is 1. The third-order valence-corrected chi connectivity index (χ3v) is 4.76. The molecule has 0 aliphatic carbocycles. The lowest BCUT2D eigenvalue weighted by molar-refractivity contribution is 0.233. The zero-order valence-corrected chi connectivity index (χ0v) is 14.7. The Morgan fingerprint density at radius 3 is 2.84 bits per heavy atom. The van der Waals surface area contributed by atoms with Gasteiger partial charge in [-0.15, -0.1) is 0 Å². The summed E-state index contributed by atoms with van der Waals surface area (Å²) < 4.78 is 11.2. The summed E-state index contributed by atoms with van der Waals surface area (Å²) in [5.41, 5.74) is 3.00. The predicted molar refractivity (Wildman–Crippen MR) is 94.9 cm³/mol. The first-order chi connectivity index (χ1) is 12.2. The Kier molecular flexibility index (Phi) is 4.40. The van der Waals surface area contributed by atoms with E-state index in [2.05, 4.69) is 35.0 Å². The van der Waals surface area contributed by atoms with Crippen LogP contribution in [0.4, 0.5) is 0 Å². The largest absolute Gasteiger partial charge is 0.444 e. The van der Waals surface area contributed by atoms with Gasteiger partial charge in [-0.3, -0.25) is 4.90 Å². The van der Waals surface area contributed by atoms with Crippen molar-refractivity contribution in [2.75, 3.05) is 6.54 Å². The maximum Gasteiger partial charge on any atom is 0.226 e. The summed E-state index contributed by atoms with van der Waals surface area (Å²) in [6.07, 6.45) is 4.03. The monoisotopic (exact) mass is 337 g/mol. The minimum absolute atomic E-state index is 0.299. The summed E-state index contributed by atoms with van der Waals surface area (Å²) >= 11 is 0. The van der Waals surface area contributed by atoms with Crippen LogP contribution >= 0.6 is 0 Å². The summed E-state index contributed by atoms with van der Waals surface area (Å²) in [6.45, 7) is 6.06. The summed E-state index contributed by atoms with van der Waals surface area (Å²) in [6, 6.07) is 12.4. The molecule has 0 radical (unpaired) electrons. The van der Waals surface area contributed by atoms with Crippen LogP contribution in [0, 0.1) is 0 Å². The highest BCUT2D eigenvalue weighted by Gasteiger charge is 2.29. The molecule has 1 atom stereocenters. The molecule has 0 bridgehead atoms. The van der Waals surface area contributed by atoms with Crippen molar-refractivity contribution in [1.82, 2.24) is 15.0 Å². The van der Waals surface area contributed by atoms with Crippen molar-refractivity contribution in [1.29, 1.82) is 0 Å². The van der Waals surface area contributed by atoms with E-state index in [0.717, 1.165) is 48.6 Å². The Hall–Kier alpha value is -2.40. The van der Waals surface area contributed by atoms with Gasteiger partial charge >= 0.3 is 0 Å². The number of hydrogen-bond donors (Lipinski definition) is 0. The molecule has 1 saturated heterocycles. The van der Waals surface area contributed by atoms with E-state index in [0.29, 0.717) is 17.9 Å². The SMILES string of the molecule is CC(C)c1cc(C2CCCN2Cc2coc(-c3ccccc3)n2)no1. The molecule has 3 heterocycles. The molecular formula is C20H23N3O2. The maximum atomic E-state index is 5.67. The third-order valence-electron chi connectivity index (χ3n) is 4.76. The maximum absolute atomic E-state index is 5.67. The van der Waals surface area contributed by atoms with Crippen LogP contribution in [0.25, 0.3) is 11.5 Å². The molecule has 1 aliphatic rings. The summed E-state index contributed by atoms with van der Waals surface area (Å²) in [5.74, 6) is 1.99. The molecule has 5 nitrogen and oxygen atoms in total. The van der Waals surface area contributed by atoms with Gasteiger partial charge in [0.2, 0.25) is 5.89 Å². The van der Waals surface area contributed by atoms with Crippen LogP contribution in [0.5, 0.6) is 0 Å². The number of benzene rings is 1. The van der Waals surface area contributed by atoms with Crippen molar-refractivity contribution in [3.8, 4) is 11.5 Å². The quantitative estimate of drug-likeness (QED) is 0.670. The molecule has 0 N–H and O–H groups in total. The lowest BCUT2D eigenvalue weighted by Gasteiger charge is -2.21. The second kappa shape index (κ2) is 6.84. The van der Waals surface area contributed by atoms with E-state index in [-0.39, 0.29) is 0 Å². The predicted octanol–water partition coefficient (Wildman–Crippen LogP) is 4.79. The summed E-state index contributed by atoms with van der Waals surface area (Å²) in [7, 11) is 0. The molecule has 25 heavy (non-hydrogen) atoms. The highest BCUT2D eigenvalue weighted by atomic mass is 16.5. The topological polar surface area (TPSA) is 55.3 Å². The normalized spacial score (nSPS) is 18.3. The molecule has 3 aromatic rings. The van der Waals surface area contributed by atoms with Gasteiger partial charge in [0.15, 0.2) is 0 Å². The average molecular weight is 337 g/mol. The van der Waals surface area contributed by atoms with Crippen LogP contribution in [-0.4, -0.2) is 21.6 Å². The van der Waals surface area contributed by atoms with Gasteiger partial charge in [0.1, 0.15) is 17.7 Å². The Labute approximate surface area is 147 Å². The first-order valence-corrected chi connectivity index (χ1v) is 8.91. The van der Waals surface area contributed by atoms with E-state index in [1.807, 2.05) is 30.3 Å². The molecule has 1 aromatic carbocycles. The molecule has 0 amide bonds. The van der Waals surface area contributed by atoms with Gasteiger partial charge < -0.3 is 8.94 Å². The van der Waals surface area contributed by atoms with Crippen molar-refractivity contribution < 1.29 is 8.94 Å². The van der Waals surface area contributed by atoms with Crippen molar-refractivity contribution in [3.63, 3.8) is 0 Å². The number of rotatable bonds is 5. The molecule has 1 fully saturated rings. The Morgan fingerprint density at radius 1 is 1.24 bits per heavy atom. The molecule has 4 rings (SSSR count). The first kappa shape index (κ1) is 16.1. The zero-order chi connectivity index (χ0) is 17.2. The van der Waals surface area contributed by atoms with E-state index >= 15 is 0 Å². The molecule has 0 saturated carbocycles. The van der Waals surface area contributed by atoms with Crippen LogP contribution in [0.2, 0.25) is 0 Å². The smallest absolute Gasteiger partial charge is 0.226 e. The van der Waals surface area contributed by atoms with Gasteiger partial charge in [0, 0.05) is 24.1 Å². The van der Waals surface area contributed by atoms with Gasteiger partial charge in [-0.05, 0) is 31.5 Å². The average Bonchev–Trinajstić information content (AvgIpc) is 3.36. The Morgan fingerprint density at radius 2 is 2.08 bits per heavy atom. The van der Waals surface area contributed by atoms with E-state index in [1.165, 1.54) is 0 Å². The van der Waals surface area contributed by atoms with Gasteiger partial charge in [-0.25, -0.2) is 4.98 Å². The van der Waals surface area contributed by atoms with Crippen LogP contribution in [-0.2, 0) is 6.54 Å². The van der Waals surface area contributed by atoms with E-state index < -0.39 is 0 Å². The molecule has 130 valence electrons. The van der Waals surface area contributed by atoms with Gasteiger partial charge in [-0.2, -0.15) is 0 Å².